The lowest BCUT2D eigenvalue weighted by Gasteiger charge is -2.42. The van der Waals surface area contributed by atoms with Gasteiger partial charge < -0.3 is 64.2 Å². The second-order valence-electron chi connectivity index (χ2n) is 18.0. The predicted molar refractivity (Wildman–Crippen MR) is 270 cm³/mol. The minimum absolute atomic E-state index is 0.0805. The highest BCUT2D eigenvalue weighted by Gasteiger charge is 2.47. The highest BCUT2D eigenvalue weighted by atomic mass is 16.7. The van der Waals surface area contributed by atoms with Crippen LogP contribution in [0.5, 0.6) is 0 Å². The second-order valence-corrected chi connectivity index (χ2v) is 18.0. The largest absolute Gasteiger partial charge is 0.462 e. The molecule has 0 radical (unpaired) electrons. The van der Waals surface area contributed by atoms with E-state index < -0.39 is 99.3 Å². The Bertz CT molecular complexity index is 1540. The Morgan fingerprint density at radius 1 is 0.471 bits per heavy atom. The van der Waals surface area contributed by atoms with Crippen LogP contribution < -0.4 is 0 Å². The summed E-state index contributed by atoms with van der Waals surface area (Å²) in [4.78, 5) is 25.8. The molecule has 11 atom stereocenters. The molecule has 2 saturated heterocycles. The highest BCUT2D eigenvalue weighted by Crippen LogP contribution is 2.26. The van der Waals surface area contributed by atoms with Gasteiger partial charge in [-0.3, -0.25) is 9.59 Å². The van der Waals surface area contributed by atoms with Crippen LogP contribution in [-0.4, -0.2) is 142 Å². The summed E-state index contributed by atoms with van der Waals surface area (Å²) in [7, 11) is 0. The molecule has 15 heteroatoms. The summed E-state index contributed by atoms with van der Waals surface area (Å²) in [5.74, 6) is -1.01. The molecule has 7 N–H and O–H groups in total. The number of carbonyl (C=O) groups excluding carboxylic acids is 2. The van der Waals surface area contributed by atoms with Gasteiger partial charge in [0.15, 0.2) is 18.7 Å². The molecular weight excluding hydrogens is 901 g/mol. The van der Waals surface area contributed by atoms with Crippen molar-refractivity contribution in [2.45, 2.75) is 223 Å². The van der Waals surface area contributed by atoms with E-state index in [2.05, 4.69) is 86.8 Å². The van der Waals surface area contributed by atoms with Crippen LogP contribution in [0, 0.1) is 0 Å². The molecule has 2 heterocycles. The Labute approximate surface area is 418 Å². The van der Waals surface area contributed by atoms with Gasteiger partial charge in [-0.25, -0.2) is 0 Å². The number of hydrogen-bond acceptors (Lipinski definition) is 15. The number of hydrogen-bond donors (Lipinski definition) is 7. The highest BCUT2D eigenvalue weighted by molar-refractivity contribution is 5.70. The first-order valence-electron chi connectivity index (χ1n) is 26.2. The molecule has 11 unspecified atom stereocenters. The molecule has 70 heavy (non-hydrogen) atoms. The van der Waals surface area contributed by atoms with Gasteiger partial charge >= 0.3 is 11.9 Å². The number of esters is 2. The first kappa shape index (κ1) is 62.8. The molecule has 0 amide bonds. The number of allylic oxidation sites excluding steroid dienone is 14. The minimum Gasteiger partial charge on any atom is -0.462 e. The van der Waals surface area contributed by atoms with Crippen LogP contribution in [0.15, 0.2) is 85.1 Å². The quantitative estimate of drug-likeness (QED) is 0.0179. The van der Waals surface area contributed by atoms with Crippen molar-refractivity contribution in [2.75, 3.05) is 26.4 Å². The third-order valence-corrected chi connectivity index (χ3v) is 11.9. The number of ether oxygens (including phenoxy) is 6. The lowest BCUT2D eigenvalue weighted by atomic mass is 9.98. The SMILES string of the molecule is CC/C=C\C/C=C\C/C=C\C/C=C\C/C=C\CCCC(=O)OC(COC(=O)CCCCCCCCC/C=C\C/C=C\CCCCC)COC1OC(COC2OC(CO)C(O)C(O)C2O)C(O)C(O)C1O. The van der Waals surface area contributed by atoms with Crippen molar-refractivity contribution in [3.8, 4) is 0 Å². The maximum atomic E-state index is 13.0. The lowest BCUT2D eigenvalue weighted by molar-refractivity contribution is -0.332. The van der Waals surface area contributed by atoms with Crippen LogP contribution in [-0.2, 0) is 38.0 Å². The Kier molecular flexibility index (Phi) is 36.9. The van der Waals surface area contributed by atoms with Crippen LogP contribution in [0.1, 0.15) is 155 Å². The van der Waals surface area contributed by atoms with E-state index in [1.165, 1.54) is 25.7 Å². The zero-order valence-corrected chi connectivity index (χ0v) is 42.2. The molecule has 2 fully saturated rings. The van der Waals surface area contributed by atoms with E-state index in [0.717, 1.165) is 83.5 Å². The number of unbranched alkanes of at least 4 members (excludes halogenated alkanes) is 11. The van der Waals surface area contributed by atoms with Gasteiger partial charge in [-0.05, 0) is 83.5 Å². The summed E-state index contributed by atoms with van der Waals surface area (Å²) in [5, 5.41) is 72.1. The molecule has 0 spiro atoms. The maximum absolute atomic E-state index is 13.0. The fourth-order valence-corrected chi connectivity index (χ4v) is 7.58. The van der Waals surface area contributed by atoms with Gasteiger partial charge in [-0.15, -0.1) is 0 Å². The summed E-state index contributed by atoms with van der Waals surface area (Å²) in [6, 6.07) is 0. The van der Waals surface area contributed by atoms with Crippen molar-refractivity contribution in [1.29, 1.82) is 0 Å². The fourth-order valence-electron chi connectivity index (χ4n) is 7.58. The number of aliphatic hydroxyl groups is 7. The molecular formula is C55H90O15. The van der Waals surface area contributed by atoms with Gasteiger partial charge in [-0.1, -0.05) is 144 Å². The summed E-state index contributed by atoms with van der Waals surface area (Å²) >= 11 is 0. The van der Waals surface area contributed by atoms with Crippen molar-refractivity contribution >= 4 is 11.9 Å². The Morgan fingerprint density at radius 3 is 1.46 bits per heavy atom. The molecule has 15 nitrogen and oxygen atoms in total. The van der Waals surface area contributed by atoms with Gasteiger partial charge in [0.25, 0.3) is 0 Å². The molecule has 2 aliphatic rings. The van der Waals surface area contributed by atoms with E-state index in [4.69, 9.17) is 28.4 Å². The minimum atomic E-state index is -1.78. The van der Waals surface area contributed by atoms with Crippen LogP contribution in [0.2, 0.25) is 0 Å². The van der Waals surface area contributed by atoms with E-state index in [1.54, 1.807) is 0 Å². The molecule has 0 bridgehead atoms. The molecule has 2 rings (SSSR count). The van der Waals surface area contributed by atoms with E-state index in [9.17, 15) is 45.3 Å². The molecule has 0 saturated carbocycles. The van der Waals surface area contributed by atoms with Gasteiger partial charge in [0.1, 0.15) is 55.4 Å². The summed E-state index contributed by atoms with van der Waals surface area (Å²) in [6.45, 7) is 2.37. The molecule has 0 aromatic carbocycles. The summed E-state index contributed by atoms with van der Waals surface area (Å²) in [5.41, 5.74) is 0. The standard InChI is InChI=1S/C55H90O15/c1-3-5-7-9-11-13-15-17-19-21-23-25-27-29-31-33-35-37-46(57)65-40-43(68-47(58)38-36-34-32-30-28-26-24-22-20-18-16-14-12-10-8-6-4-2)41-66-54-53(64)51(62)49(60)45(70-54)42-67-55-52(63)50(61)48(59)44(39-56)69-55/h6,8,11-14,17-20,24,26,30,32,43-45,48-56,59-64H,3-5,7,9-10,15-16,21-23,25,27-29,31,33-42H2,1-2H3/b8-6-,13-11-,14-12-,19-17-,20-18-,26-24-,32-30-. The van der Waals surface area contributed by atoms with Gasteiger partial charge in [0.2, 0.25) is 0 Å². The Hall–Kier alpha value is -3.32. The van der Waals surface area contributed by atoms with E-state index in [-0.39, 0.29) is 19.4 Å². The van der Waals surface area contributed by atoms with Crippen LogP contribution in [0.3, 0.4) is 0 Å². The monoisotopic (exact) mass is 991 g/mol. The topological polar surface area (TPSA) is 231 Å². The van der Waals surface area contributed by atoms with Gasteiger partial charge in [-0.2, -0.15) is 0 Å². The predicted octanol–water partition coefficient (Wildman–Crippen LogP) is 7.60. The van der Waals surface area contributed by atoms with Crippen LogP contribution in [0.4, 0.5) is 0 Å². The van der Waals surface area contributed by atoms with Crippen molar-refractivity contribution in [1.82, 2.24) is 0 Å². The molecule has 2 aliphatic heterocycles. The number of carbonyl (C=O) groups is 2. The Balaban J connectivity index is 1.84. The van der Waals surface area contributed by atoms with Crippen molar-refractivity contribution in [2.24, 2.45) is 0 Å². The van der Waals surface area contributed by atoms with E-state index >= 15 is 0 Å². The normalized spacial score (nSPS) is 26.1. The smallest absolute Gasteiger partial charge is 0.306 e. The zero-order valence-electron chi connectivity index (χ0n) is 42.2. The van der Waals surface area contributed by atoms with Crippen molar-refractivity contribution in [3.05, 3.63) is 85.1 Å². The van der Waals surface area contributed by atoms with E-state index in [1.807, 2.05) is 12.2 Å². The van der Waals surface area contributed by atoms with Crippen molar-refractivity contribution < 1.29 is 73.8 Å². The van der Waals surface area contributed by atoms with Gasteiger partial charge in [0.05, 0.1) is 19.8 Å². The number of rotatable bonds is 39. The zero-order chi connectivity index (χ0) is 51.0. The lowest BCUT2D eigenvalue weighted by Crippen LogP contribution is -2.61. The summed E-state index contributed by atoms with van der Waals surface area (Å²) in [6.07, 6.45) is 33.2. The van der Waals surface area contributed by atoms with Gasteiger partial charge in [0, 0.05) is 12.8 Å². The Morgan fingerprint density at radius 2 is 0.914 bits per heavy atom. The molecule has 0 aromatic heterocycles. The van der Waals surface area contributed by atoms with Crippen LogP contribution >= 0.6 is 0 Å². The maximum Gasteiger partial charge on any atom is 0.306 e. The average molecular weight is 991 g/mol. The van der Waals surface area contributed by atoms with E-state index in [0.29, 0.717) is 19.3 Å². The number of aliphatic hydroxyl groups excluding tert-OH is 7. The fraction of sp³-hybridized carbons (Fsp3) is 0.709. The first-order valence-corrected chi connectivity index (χ1v) is 26.2. The molecule has 0 aromatic rings. The third kappa shape index (κ3) is 28.7. The van der Waals surface area contributed by atoms with Crippen LogP contribution in [0.25, 0.3) is 0 Å². The molecule has 0 aliphatic carbocycles. The van der Waals surface area contributed by atoms with Crippen molar-refractivity contribution in [3.63, 3.8) is 0 Å². The average Bonchev–Trinajstić information content (AvgIpc) is 3.35. The summed E-state index contributed by atoms with van der Waals surface area (Å²) < 4.78 is 33.5. The molecule has 400 valence electrons. The second kappa shape index (κ2) is 41.2. The first-order chi connectivity index (χ1) is 34.0. The third-order valence-electron chi connectivity index (χ3n) is 11.9.